The molecule has 0 spiro atoms. The summed E-state index contributed by atoms with van der Waals surface area (Å²) in [7, 11) is -5.88. The molecule has 4 atom stereocenters. The van der Waals surface area contributed by atoms with Gasteiger partial charge in [0.1, 0.15) is 18.0 Å². The summed E-state index contributed by atoms with van der Waals surface area (Å²) in [5.74, 6) is 0.509. The number of hydrogen-bond acceptors (Lipinski definition) is 9. The van der Waals surface area contributed by atoms with E-state index in [1.54, 1.807) is 19.1 Å². The van der Waals surface area contributed by atoms with Crippen LogP contribution in [0.3, 0.4) is 0 Å². The van der Waals surface area contributed by atoms with E-state index >= 15 is 0 Å². The largest absolute Gasteiger partial charge is 0.446 e. The Morgan fingerprint density at radius 2 is 1.57 bits per heavy atom. The summed E-state index contributed by atoms with van der Waals surface area (Å²) in [4.78, 5) is 27.7. The minimum Gasteiger partial charge on any atom is -0.446 e. The predicted molar refractivity (Wildman–Crippen MR) is 168 cm³/mol. The topological polar surface area (TPSA) is 110 Å². The first-order valence-electron chi connectivity index (χ1n) is 14.6. The minimum absolute atomic E-state index is 0.0643. The van der Waals surface area contributed by atoms with Gasteiger partial charge >= 0.3 is 28.0 Å². The number of nitrogens with one attached hydrogen (secondary N) is 1. The highest BCUT2D eigenvalue weighted by atomic mass is 32.1. The number of nitrogens with zero attached hydrogens (tertiary/aromatic N) is 1. The number of aromatic amines is 1. The Bertz CT molecular complexity index is 1350. The number of H-pyrrole nitrogens is 1. The van der Waals surface area contributed by atoms with Gasteiger partial charge in [0.25, 0.3) is 5.56 Å². The Hall–Kier alpha value is -2.14. The maximum atomic E-state index is 13.1. The lowest BCUT2D eigenvalue weighted by Crippen LogP contribution is -2.66. The van der Waals surface area contributed by atoms with Gasteiger partial charge in [0.05, 0.1) is 6.61 Å². The molecule has 10 nitrogen and oxygen atoms in total. The Morgan fingerprint density at radius 1 is 0.976 bits per heavy atom. The molecule has 1 aromatic heterocycles. The number of aryl methyl sites for hydroxylation is 1. The summed E-state index contributed by atoms with van der Waals surface area (Å²) < 4.78 is 41.4. The fraction of sp³-hybridized carbons (Fsp3) is 0.621. The zero-order valence-corrected chi connectivity index (χ0v) is 28.7. The second-order valence-corrected chi connectivity index (χ2v) is 21.5. The molecule has 0 bridgehead atoms. The molecule has 2 fully saturated rings. The number of ether oxygens (including phenoxy) is 3. The Labute approximate surface area is 255 Å². The SMILES string of the molecule is Cc1cn([C@@H]2O[C@H]3CO[Si](C(C)C)(C(C)C)O[Si](C(C)C)(C(C)C)O[C@@H]3[C@H]2OC(=S)Oc2ccccc2)c(=O)[nH]c1=O. The maximum Gasteiger partial charge on any atom is 0.358 e. The van der Waals surface area contributed by atoms with E-state index in [2.05, 4.69) is 60.4 Å². The van der Waals surface area contributed by atoms with Crippen molar-refractivity contribution < 1.29 is 27.2 Å². The normalized spacial score (nSPS) is 25.4. The van der Waals surface area contributed by atoms with E-state index in [0.717, 1.165) is 0 Å². The second-order valence-electron chi connectivity index (χ2n) is 12.3. The Balaban J connectivity index is 1.82. The van der Waals surface area contributed by atoms with Gasteiger partial charge in [-0.1, -0.05) is 73.6 Å². The van der Waals surface area contributed by atoms with E-state index in [-0.39, 0.29) is 34.0 Å². The molecule has 2 aromatic rings. The van der Waals surface area contributed by atoms with E-state index in [4.69, 9.17) is 39.4 Å². The molecule has 0 radical (unpaired) electrons. The van der Waals surface area contributed by atoms with Crippen LogP contribution in [0.5, 0.6) is 5.75 Å². The number of benzene rings is 1. The number of para-hydroxylation sites is 1. The lowest BCUT2D eigenvalue weighted by Gasteiger charge is -2.51. The number of rotatable bonds is 7. The van der Waals surface area contributed by atoms with Gasteiger partial charge in [-0.2, -0.15) is 0 Å². The molecule has 1 aromatic carbocycles. The molecule has 232 valence electrons. The predicted octanol–water partition coefficient (Wildman–Crippen LogP) is 5.45. The third-order valence-electron chi connectivity index (χ3n) is 8.21. The summed E-state index contributed by atoms with van der Waals surface area (Å²) in [5, 5.41) is -0.142. The summed E-state index contributed by atoms with van der Waals surface area (Å²) in [6.45, 7) is 18.9. The van der Waals surface area contributed by atoms with Gasteiger partial charge in [0.15, 0.2) is 12.3 Å². The highest BCUT2D eigenvalue weighted by Gasteiger charge is 2.62. The van der Waals surface area contributed by atoms with Crippen LogP contribution in [0.2, 0.25) is 22.2 Å². The number of hydrogen-bond donors (Lipinski definition) is 1. The van der Waals surface area contributed by atoms with Gasteiger partial charge in [0.2, 0.25) is 0 Å². The first kappa shape index (κ1) is 32.8. The zero-order chi connectivity index (χ0) is 31.0. The molecule has 1 N–H and O–H groups in total. The van der Waals surface area contributed by atoms with Crippen molar-refractivity contribution in [2.45, 2.75) is 109 Å². The molecule has 13 heteroatoms. The van der Waals surface area contributed by atoms with Crippen LogP contribution in [0, 0.1) is 6.92 Å². The molecule has 3 heterocycles. The van der Waals surface area contributed by atoms with E-state index in [0.29, 0.717) is 11.3 Å². The summed E-state index contributed by atoms with van der Waals surface area (Å²) in [5.41, 5.74) is -0.308. The van der Waals surface area contributed by atoms with Crippen LogP contribution in [0.4, 0.5) is 0 Å². The summed E-state index contributed by atoms with van der Waals surface area (Å²) in [6.07, 6.45) is -1.72. The average molecular weight is 637 g/mol. The molecule has 2 saturated heterocycles. The van der Waals surface area contributed by atoms with Crippen LogP contribution in [0.25, 0.3) is 0 Å². The fourth-order valence-electron chi connectivity index (χ4n) is 5.97. The molecular formula is C29H44N2O8SSi2. The first-order chi connectivity index (χ1) is 19.7. The van der Waals surface area contributed by atoms with Gasteiger partial charge < -0.3 is 27.2 Å². The average Bonchev–Trinajstić information content (AvgIpc) is 3.21. The highest BCUT2D eigenvalue weighted by molar-refractivity contribution is 7.79. The molecule has 42 heavy (non-hydrogen) atoms. The molecule has 2 aliphatic rings. The van der Waals surface area contributed by atoms with Crippen LogP contribution >= 0.6 is 12.2 Å². The fourth-order valence-corrected chi connectivity index (χ4v) is 17.4. The van der Waals surface area contributed by atoms with E-state index in [1.165, 1.54) is 10.8 Å². The standard InChI is InChI=1S/C29H44N2O8SSi2/c1-17(2)41(18(3)4)34-16-23-24(38-42(39-41,19(5)6)20(7)8)25(37-29(40)35-22-13-11-10-12-14-22)27(36-23)31-15-21(9)26(32)30-28(31)33/h10-15,17-20,23-25,27H,16H2,1-9H3,(H,30,32,33)/t23-,24-,25+,27+/m0/s1. The highest BCUT2D eigenvalue weighted by Crippen LogP contribution is 2.48. The number of aromatic nitrogens is 2. The van der Waals surface area contributed by atoms with Crippen LogP contribution < -0.4 is 16.0 Å². The molecule has 0 aliphatic carbocycles. The third-order valence-corrected chi connectivity index (χ3v) is 18.6. The van der Waals surface area contributed by atoms with Crippen molar-refractivity contribution in [3.63, 3.8) is 0 Å². The van der Waals surface area contributed by atoms with Crippen molar-refractivity contribution in [1.82, 2.24) is 9.55 Å². The smallest absolute Gasteiger partial charge is 0.358 e. The summed E-state index contributed by atoms with van der Waals surface area (Å²) >= 11 is 5.53. The van der Waals surface area contributed by atoms with Crippen LogP contribution in [0.1, 0.15) is 67.2 Å². The Morgan fingerprint density at radius 3 is 2.14 bits per heavy atom. The van der Waals surface area contributed by atoms with Crippen LogP contribution in [0.15, 0.2) is 46.1 Å². The van der Waals surface area contributed by atoms with E-state index < -0.39 is 52.9 Å². The molecular weight excluding hydrogens is 593 g/mol. The van der Waals surface area contributed by atoms with Crippen molar-refractivity contribution in [2.24, 2.45) is 0 Å². The third kappa shape index (κ3) is 6.23. The van der Waals surface area contributed by atoms with Crippen molar-refractivity contribution in [2.75, 3.05) is 6.61 Å². The van der Waals surface area contributed by atoms with Crippen molar-refractivity contribution >= 4 is 34.6 Å². The van der Waals surface area contributed by atoms with Gasteiger partial charge in [-0.3, -0.25) is 14.3 Å². The number of fused-ring (bicyclic) bond motifs is 1. The number of thiocarbonyl (C=S) groups is 1. The molecule has 2 aliphatic heterocycles. The molecule has 0 unspecified atom stereocenters. The molecule has 4 rings (SSSR count). The second kappa shape index (κ2) is 12.8. The van der Waals surface area contributed by atoms with E-state index in [1.807, 2.05) is 18.2 Å². The molecule has 0 amide bonds. The van der Waals surface area contributed by atoms with E-state index in [9.17, 15) is 9.59 Å². The minimum atomic E-state index is -3.05. The van der Waals surface area contributed by atoms with Gasteiger partial charge in [0, 0.05) is 24.0 Å². The zero-order valence-electron chi connectivity index (χ0n) is 25.9. The van der Waals surface area contributed by atoms with Gasteiger partial charge in [-0.25, -0.2) is 4.79 Å². The monoisotopic (exact) mass is 636 g/mol. The van der Waals surface area contributed by atoms with Crippen molar-refractivity contribution in [1.29, 1.82) is 0 Å². The Kier molecular flexibility index (Phi) is 10.0. The molecule has 0 saturated carbocycles. The lowest BCUT2D eigenvalue weighted by molar-refractivity contribution is -0.0599. The summed E-state index contributed by atoms with van der Waals surface area (Å²) in [6, 6.07) is 9.06. The lowest BCUT2D eigenvalue weighted by atomic mass is 10.1. The van der Waals surface area contributed by atoms with Crippen molar-refractivity contribution in [3.05, 3.63) is 62.9 Å². The first-order valence-corrected chi connectivity index (χ1v) is 19.0. The van der Waals surface area contributed by atoms with Crippen LogP contribution in [-0.2, 0) is 22.4 Å². The van der Waals surface area contributed by atoms with Gasteiger partial charge in [-0.15, -0.1) is 0 Å². The quantitative estimate of drug-likeness (QED) is 0.313. The maximum absolute atomic E-state index is 13.1. The van der Waals surface area contributed by atoms with Crippen LogP contribution in [-0.4, -0.2) is 56.8 Å². The van der Waals surface area contributed by atoms with Crippen molar-refractivity contribution in [3.8, 4) is 5.75 Å². The van der Waals surface area contributed by atoms with Gasteiger partial charge in [-0.05, 0) is 41.2 Å².